The van der Waals surface area contributed by atoms with E-state index in [0.29, 0.717) is 6.04 Å². The Bertz CT molecular complexity index is 433. The third kappa shape index (κ3) is 3.45. The Kier molecular flexibility index (Phi) is 5.30. The summed E-state index contributed by atoms with van der Waals surface area (Å²) in [4.78, 5) is 0. The van der Waals surface area contributed by atoms with Crippen LogP contribution in [0.3, 0.4) is 0 Å². The average molecular weight is 277 g/mol. The highest BCUT2D eigenvalue weighted by atomic mass is 16.5. The zero-order valence-corrected chi connectivity index (χ0v) is 13.1. The van der Waals surface area contributed by atoms with Gasteiger partial charge >= 0.3 is 0 Å². The standard InChI is InChI=1S/C17H27NO2/c1-12-6-5-7-15(13(12)2)18-11-14-8-9-16(19-3)17(10-14)20-4/h8-10,12-13,15,18H,5-7,11H2,1-4H3/t12-,13+,15+/m0/s1. The van der Waals surface area contributed by atoms with Gasteiger partial charge in [0.25, 0.3) is 0 Å². The fourth-order valence-electron chi connectivity index (χ4n) is 3.11. The monoisotopic (exact) mass is 277 g/mol. The Morgan fingerprint density at radius 3 is 2.55 bits per heavy atom. The zero-order valence-electron chi connectivity index (χ0n) is 13.1. The fraction of sp³-hybridized carbons (Fsp3) is 0.647. The summed E-state index contributed by atoms with van der Waals surface area (Å²) in [5, 5.41) is 3.71. The SMILES string of the molecule is COc1ccc(CN[C@@H]2CCC[C@H](C)[C@H]2C)cc1OC. The maximum absolute atomic E-state index is 5.35. The lowest BCUT2D eigenvalue weighted by molar-refractivity contribution is 0.206. The van der Waals surface area contributed by atoms with Gasteiger partial charge in [-0.1, -0.05) is 32.8 Å². The van der Waals surface area contributed by atoms with E-state index in [9.17, 15) is 0 Å². The van der Waals surface area contributed by atoms with Crippen molar-refractivity contribution < 1.29 is 9.47 Å². The van der Waals surface area contributed by atoms with Crippen LogP contribution in [0.2, 0.25) is 0 Å². The first-order valence-electron chi connectivity index (χ1n) is 7.60. The molecule has 3 heteroatoms. The number of hydrogen-bond donors (Lipinski definition) is 1. The summed E-state index contributed by atoms with van der Waals surface area (Å²) in [7, 11) is 3.35. The molecule has 0 radical (unpaired) electrons. The molecule has 1 saturated carbocycles. The van der Waals surface area contributed by atoms with E-state index in [1.165, 1.54) is 24.8 Å². The van der Waals surface area contributed by atoms with Crippen LogP contribution in [0.5, 0.6) is 11.5 Å². The zero-order chi connectivity index (χ0) is 14.5. The molecule has 1 aliphatic carbocycles. The largest absolute Gasteiger partial charge is 0.493 e. The van der Waals surface area contributed by atoms with Crippen molar-refractivity contribution in [2.24, 2.45) is 11.8 Å². The van der Waals surface area contributed by atoms with Gasteiger partial charge in [-0.3, -0.25) is 0 Å². The fourth-order valence-corrected chi connectivity index (χ4v) is 3.11. The normalized spacial score (nSPS) is 26.3. The highest BCUT2D eigenvalue weighted by Crippen LogP contribution is 2.30. The Labute approximate surface area is 122 Å². The molecule has 0 aliphatic heterocycles. The number of rotatable bonds is 5. The van der Waals surface area contributed by atoms with Gasteiger partial charge in [0.05, 0.1) is 14.2 Å². The third-order valence-corrected chi connectivity index (χ3v) is 4.72. The third-order valence-electron chi connectivity index (χ3n) is 4.72. The molecule has 3 nitrogen and oxygen atoms in total. The van der Waals surface area contributed by atoms with E-state index in [2.05, 4.69) is 31.3 Å². The van der Waals surface area contributed by atoms with Crippen LogP contribution in [-0.2, 0) is 6.54 Å². The Morgan fingerprint density at radius 2 is 1.85 bits per heavy atom. The van der Waals surface area contributed by atoms with E-state index in [1.807, 2.05) is 6.07 Å². The Balaban J connectivity index is 1.96. The quantitative estimate of drug-likeness (QED) is 0.891. The maximum atomic E-state index is 5.35. The van der Waals surface area contributed by atoms with Gasteiger partial charge in [0.15, 0.2) is 11.5 Å². The molecule has 112 valence electrons. The van der Waals surface area contributed by atoms with Crippen LogP contribution in [0.25, 0.3) is 0 Å². The molecule has 20 heavy (non-hydrogen) atoms. The highest BCUT2D eigenvalue weighted by Gasteiger charge is 2.26. The molecule has 1 fully saturated rings. The second-order valence-electron chi connectivity index (χ2n) is 5.94. The predicted molar refractivity (Wildman–Crippen MR) is 82.4 cm³/mol. The summed E-state index contributed by atoms with van der Waals surface area (Å²) in [6.07, 6.45) is 4.00. The van der Waals surface area contributed by atoms with Crippen LogP contribution < -0.4 is 14.8 Å². The van der Waals surface area contributed by atoms with Crippen molar-refractivity contribution in [3.8, 4) is 11.5 Å². The molecule has 3 atom stereocenters. The Hall–Kier alpha value is -1.22. The summed E-state index contributed by atoms with van der Waals surface area (Å²) >= 11 is 0. The molecule has 1 aromatic rings. The van der Waals surface area contributed by atoms with E-state index in [1.54, 1.807) is 14.2 Å². The van der Waals surface area contributed by atoms with Gasteiger partial charge in [-0.15, -0.1) is 0 Å². The number of nitrogens with one attached hydrogen (secondary N) is 1. The lowest BCUT2D eigenvalue weighted by Gasteiger charge is -2.34. The van der Waals surface area contributed by atoms with Gasteiger partial charge in [0, 0.05) is 12.6 Å². The predicted octanol–water partition coefficient (Wildman–Crippen LogP) is 3.62. The van der Waals surface area contributed by atoms with Crippen LogP contribution in [0.1, 0.15) is 38.7 Å². The van der Waals surface area contributed by atoms with Crippen LogP contribution in [0.15, 0.2) is 18.2 Å². The number of hydrogen-bond acceptors (Lipinski definition) is 3. The molecule has 0 spiro atoms. The molecular formula is C17H27NO2. The van der Waals surface area contributed by atoms with Crippen molar-refractivity contribution >= 4 is 0 Å². The minimum absolute atomic E-state index is 0.631. The van der Waals surface area contributed by atoms with Crippen molar-refractivity contribution in [2.75, 3.05) is 14.2 Å². The van der Waals surface area contributed by atoms with Crippen molar-refractivity contribution in [1.29, 1.82) is 0 Å². The van der Waals surface area contributed by atoms with Gasteiger partial charge in [-0.25, -0.2) is 0 Å². The van der Waals surface area contributed by atoms with Gasteiger partial charge in [0.2, 0.25) is 0 Å². The van der Waals surface area contributed by atoms with Gasteiger partial charge in [-0.2, -0.15) is 0 Å². The number of benzene rings is 1. The van der Waals surface area contributed by atoms with Crippen molar-refractivity contribution in [1.82, 2.24) is 5.32 Å². The second-order valence-corrected chi connectivity index (χ2v) is 5.94. The Morgan fingerprint density at radius 1 is 1.10 bits per heavy atom. The van der Waals surface area contributed by atoms with E-state index in [-0.39, 0.29) is 0 Å². The molecule has 0 aromatic heterocycles. The van der Waals surface area contributed by atoms with Crippen molar-refractivity contribution in [2.45, 2.75) is 45.7 Å². The van der Waals surface area contributed by atoms with Crippen LogP contribution >= 0.6 is 0 Å². The highest BCUT2D eigenvalue weighted by molar-refractivity contribution is 5.42. The summed E-state index contributed by atoms with van der Waals surface area (Å²) in [5.41, 5.74) is 1.24. The van der Waals surface area contributed by atoms with E-state index >= 15 is 0 Å². The summed E-state index contributed by atoms with van der Waals surface area (Å²) < 4.78 is 10.6. The molecule has 2 rings (SSSR count). The van der Waals surface area contributed by atoms with E-state index in [0.717, 1.165) is 29.9 Å². The van der Waals surface area contributed by atoms with Crippen molar-refractivity contribution in [3.05, 3.63) is 23.8 Å². The topological polar surface area (TPSA) is 30.5 Å². The average Bonchev–Trinajstić information content (AvgIpc) is 2.48. The molecule has 0 bridgehead atoms. The first-order valence-corrected chi connectivity index (χ1v) is 7.60. The van der Waals surface area contributed by atoms with Gasteiger partial charge in [-0.05, 0) is 36.0 Å². The van der Waals surface area contributed by atoms with Crippen molar-refractivity contribution in [3.63, 3.8) is 0 Å². The summed E-state index contributed by atoms with van der Waals surface area (Å²) in [6.45, 7) is 5.63. The molecule has 1 aliphatic rings. The lowest BCUT2D eigenvalue weighted by Crippen LogP contribution is -2.40. The molecule has 0 saturated heterocycles. The van der Waals surface area contributed by atoms with Crippen LogP contribution in [0, 0.1) is 11.8 Å². The van der Waals surface area contributed by atoms with E-state index in [4.69, 9.17) is 9.47 Å². The smallest absolute Gasteiger partial charge is 0.161 e. The summed E-state index contributed by atoms with van der Waals surface area (Å²) in [6, 6.07) is 6.77. The molecule has 0 unspecified atom stereocenters. The van der Waals surface area contributed by atoms with Crippen LogP contribution in [0.4, 0.5) is 0 Å². The van der Waals surface area contributed by atoms with Crippen LogP contribution in [-0.4, -0.2) is 20.3 Å². The number of methoxy groups -OCH3 is 2. The van der Waals surface area contributed by atoms with Gasteiger partial charge < -0.3 is 14.8 Å². The first-order chi connectivity index (χ1) is 9.65. The molecule has 1 aromatic carbocycles. The minimum atomic E-state index is 0.631. The van der Waals surface area contributed by atoms with Gasteiger partial charge in [0.1, 0.15) is 0 Å². The minimum Gasteiger partial charge on any atom is -0.493 e. The second kappa shape index (κ2) is 6.98. The summed E-state index contributed by atoms with van der Waals surface area (Å²) in [5.74, 6) is 3.17. The molecule has 1 N–H and O–H groups in total. The molecule has 0 heterocycles. The number of ether oxygens (including phenoxy) is 2. The lowest BCUT2D eigenvalue weighted by atomic mass is 9.78. The first kappa shape index (κ1) is 15.2. The van der Waals surface area contributed by atoms with E-state index < -0.39 is 0 Å². The molecular weight excluding hydrogens is 250 g/mol. The maximum Gasteiger partial charge on any atom is 0.161 e. The molecule has 0 amide bonds.